The molecule has 0 unspecified atom stereocenters. The lowest BCUT2D eigenvalue weighted by Crippen LogP contribution is -2.24. The molecule has 0 fully saturated rings. The smallest absolute Gasteiger partial charge is 0.230 e. The van der Waals surface area contributed by atoms with E-state index in [9.17, 15) is 4.79 Å². The number of thioether (sulfide) groups is 1. The van der Waals surface area contributed by atoms with Gasteiger partial charge in [0.1, 0.15) is 0 Å². The molecule has 0 radical (unpaired) electrons. The molecule has 7 heteroatoms. The first-order chi connectivity index (χ1) is 11.3. The molecule has 0 saturated carbocycles. The number of ether oxygens (including phenoxy) is 1. The molecule has 3 rings (SSSR count). The van der Waals surface area contributed by atoms with Crippen molar-refractivity contribution < 1.29 is 9.53 Å². The molecule has 1 N–H and O–H groups in total. The molecule has 2 heterocycles. The molecule has 5 nitrogen and oxygen atoms in total. The van der Waals surface area contributed by atoms with Gasteiger partial charge in [-0.3, -0.25) is 4.79 Å². The van der Waals surface area contributed by atoms with Crippen LogP contribution in [0.1, 0.15) is 5.56 Å². The number of pyridine rings is 1. The van der Waals surface area contributed by atoms with Crippen LogP contribution in [0.25, 0.3) is 10.2 Å². The fourth-order valence-electron chi connectivity index (χ4n) is 2.03. The molecule has 0 aliphatic carbocycles. The van der Waals surface area contributed by atoms with Gasteiger partial charge in [0.25, 0.3) is 0 Å². The lowest BCUT2D eigenvalue weighted by Gasteiger charge is -2.07. The number of carbonyl (C=O) groups is 1. The summed E-state index contributed by atoms with van der Waals surface area (Å²) >= 11 is 3.05. The van der Waals surface area contributed by atoms with Crippen LogP contribution in [0.15, 0.2) is 46.9 Å². The lowest BCUT2D eigenvalue weighted by atomic mass is 10.2. The number of fused-ring (bicyclic) bond motifs is 1. The van der Waals surface area contributed by atoms with Gasteiger partial charge in [0.15, 0.2) is 4.34 Å². The third kappa shape index (κ3) is 4.00. The number of methoxy groups -OCH3 is 1. The Bertz CT molecular complexity index is 787. The summed E-state index contributed by atoms with van der Waals surface area (Å²) in [5, 5.41) is 2.87. The van der Waals surface area contributed by atoms with Gasteiger partial charge in [-0.25, -0.2) is 9.97 Å². The first-order valence-electron chi connectivity index (χ1n) is 6.99. The van der Waals surface area contributed by atoms with Crippen LogP contribution >= 0.6 is 23.1 Å². The minimum atomic E-state index is -0.0415. The molecular formula is C16H15N3O2S2. The maximum atomic E-state index is 12.0. The van der Waals surface area contributed by atoms with E-state index in [1.54, 1.807) is 24.6 Å². The third-order valence-electron chi connectivity index (χ3n) is 3.12. The first-order valence-corrected chi connectivity index (χ1v) is 8.79. The van der Waals surface area contributed by atoms with Crippen molar-refractivity contribution in [2.45, 2.75) is 10.9 Å². The normalized spacial score (nSPS) is 10.7. The van der Waals surface area contributed by atoms with Crippen molar-refractivity contribution in [1.82, 2.24) is 15.3 Å². The Labute approximate surface area is 142 Å². The molecule has 118 valence electrons. The van der Waals surface area contributed by atoms with Crippen LogP contribution in [-0.2, 0) is 11.3 Å². The van der Waals surface area contributed by atoms with Gasteiger partial charge in [0, 0.05) is 18.3 Å². The van der Waals surface area contributed by atoms with Crippen LogP contribution in [0.2, 0.25) is 0 Å². The predicted octanol–water partition coefficient (Wildman–Crippen LogP) is 3.11. The van der Waals surface area contributed by atoms with Gasteiger partial charge in [0.2, 0.25) is 11.8 Å². The third-order valence-corrected chi connectivity index (χ3v) is 5.30. The summed E-state index contributed by atoms with van der Waals surface area (Å²) in [6.45, 7) is 0.399. The number of nitrogens with one attached hydrogen (secondary N) is 1. The van der Waals surface area contributed by atoms with Gasteiger partial charge in [-0.1, -0.05) is 30.0 Å². The second-order valence-corrected chi connectivity index (χ2v) is 6.94. The predicted molar refractivity (Wildman–Crippen MR) is 93.0 cm³/mol. The number of hydrogen-bond acceptors (Lipinski definition) is 6. The molecule has 0 bridgehead atoms. The number of para-hydroxylation sites is 1. The number of thiazole rings is 1. The summed E-state index contributed by atoms with van der Waals surface area (Å²) in [5.74, 6) is 0.828. The highest BCUT2D eigenvalue weighted by atomic mass is 32.2. The van der Waals surface area contributed by atoms with E-state index >= 15 is 0 Å². The monoisotopic (exact) mass is 345 g/mol. The van der Waals surface area contributed by atoms with E-state index < -0.39 is 0 Å². The summed E-state index contributed by atoms with van der Waals surface area (Å²) in [4.78, 5) is 20.6. The molecule has 0 atom stereocenters. The summed E-state index contributed by atoms with van der Waals surface area (Å²) in [6, 6.07) is 11.7. The number of rotatable bonds is 6. The minimum Gasteiger partial charge on any atom is -0.481 e. The van der Waals surface area contributed by atoms with Crippen LogP contribution in [0.4, 0.5) is 0 Å². The van der Waals surface area contributed by atoms with E-state index in [0.717, 1.165) is 20.1 Å². The zero-order valence-corrected chi connectivity index (χ0v) is 14.1. The molecule has 1 amide bonds. The van der Waals surface area contributed by atoms with Gasteiger partial charge in [-0.15, -0.1) is 11.3 Å². The molecule has 23 heavy (non-hydrogen) atoms. The van der Waals surface area contributed by atoms with Gasteiger partial charge in [-0.2, -0.15) is 0 Å². The van der Waals surface area contributed by atoms with E-state index in [2.05, 4.69) is 15.3 Å². The molecule has 2 aromatic heterocycles. The van der Waals surface area contributed by atoms with Gasteiger partial charge >= 0.3 is 0 Å². The highest BCUT2D eigenvalue weighted by Gasteiger charge is 2.09. The molecular weight excluding hydrogens is 330 g/mol. The van der Waals surface area contributed by atoms with E-state index in [-0.39, 0.29) is 5.91 Å². The quantitative estimate of drug-likeness (QED) is 0.696. The fraction of sp³-hybridized carbons (Fsp3) is 0.188. The van der Waals surface area contributed by atoms with Crippen molar-refractivity contribution >= 4 is 39.2 Å². The fourth-order valence-corrected chi connectivity index (χ4v) is 3.93. The van der Waals surface area contributed by atoms with Crippen molar-refractivity contribution in [3.05, 3.63) is 48.2 Å². The number of benzene rings is 1. The number of hydrogen-bond donors (Lipinski definition) is 1. The molecule has 1 aromatic carbocycles. The van der Waals surface area contributed by atoms with Gasteiger partial charge in [-0.05, 0) is 18.2 Å². The maximum Gasteiger partial charge on any atom is 0.230 e. The van der Waals surface area contributed by atoms with Crippen molar-refractivity contribution in [3.8, 4) is 5.88 Å². The SMILES string of the molecule is COc1ncccc1CNC(=O)CSc1nc2ccccc2s1. The van der Waals surface area contributed by atoms with Crippen LogP contribution in [0.3, 0.4) is 0 Å². The Morgan fingerprint density at radius 3 is 3.00 bits per heavy atom. The standard InChI is InChI=1S/C16H15N3O2S2/c1-21-15-11(5-4-8-17-15)9-18-14(20)10-22-16-19-12-6-2-3-7-13(12)23-16/h2-8H,9-10H2,1H3,(H,18,20). The molecule has 0 aliphatic rings. The van der Waals surface area contributed by atoms with E-state index in [0.29, 0.717) is 18.2 Å². The van der Waals surface area contributed by atoms with Crippen molar-refractivity contribution in [2.75, 3.05) is 12.9 Å². The largest absolute Gasteiger partial charge is 0.481 e. The summed E-state index contributed by atoms with van der Waals surface area (Å²) in [7, 11) is 1.57. The number of amides is 1. The second kappa shape index (κ2) is 7.43. The Hall–Kier alpha value is -2.12. The first kappa shape index (κ1) is 15.8. The topological polar surface area (TPSA) is 64.1 Å². The zero-order chi connectivity index (χ0) is 16.1. The van der Waals surface area contributed by atoms with Crippen LogP contribution < -0.4 is 10.1 Å². The lowest BCUT2D eigenvalue weighted by molar-refractivity contribution is -0.118. The summed E-state index contributed by atoms with van der Waals surface area (Å²) in [5.41, 5.74) is 1.83. The highest BCUT2D eigenvalue weighted by Crippen LogP contribution is 2.29. The second-order valence-electron chi connectivity index (χ2n) is 4.68. The minimum absolute atomic E-state index is 0.0415. The van der Waals surface area contributed by atoms with Gasteiger partial charge < -0.3 is 10.1 Å². The van der Waals surface area contributed by atoms with E-state index in [4.69, 9.17) is 4.74 Å². The van der Waals surface area contributed by atoms with Crippen molar-refractivity contribution in [3.63, 3.8) is 0 Å². The average Bonchev–Trinajstić information content (AvgIpc) is 3.01. The number of aromatic nitrogens is 2. The van der Waals surface area contributed by atoms with Gasteiger partial charge in [0.05, 0.1) is 23.1 Å². The summed E-state index contributed by atoms with van der Waals surface area (Å²) in [6.07, 6.45) is 1.66. The zero-order valence-electron chi connectivity index (χ0n) is 12.5. The molecule has 3 aromatic rings. The summed E-state index contributed by atoms with van der Waals surface area (Å²) < 4.78 is 7.20. The van der Waals surface area contributed by atoms with Crippen LogP contribution in [-0.4, -0.2) is 28.7 Å². The Balaban J connectivity index is 1.53. The van der Waals surface area contributed by atoms with Crippen LogP contribution in [0, 0.1) is 0 Å². The Morgan fingerprint density at radius 1 is 1.30 bits per heavy atom. The molecule has 0 saturated heterocycles. The molecule has 0 spiro atoms. The number of nitrogens with zero attached hydrogens (tertiary/aromatic N) is 2. The number of carbonyl (C=O) groups excluding carboxylic acids is 1. The maximum absolute atomic E-state index is 12.0. The average molecular weight is 345 g/mol. The Kier molecular flexibility index (Phi) is 5.09. The van der Waals surface area contributed by atoms with E-state index in [1.807, 2.05) is 36.4 Å². The van der Waals surface area contributed by atoms with Crippen LogP contribution in [0.5, 0.6) is 5.88 Å². The van der Waals surface area contributed by atoms with E-state index in [1.165, 1.54) is 11.8 Å². The Morgan fingerprint density at radius 2 is 2.17 bits per heavy atom. The van der Waals surface area contributed by atoms with Crippen molar-refractivity contribution in [2.24, 2.45) is 0 Å². The van der Waals surface area contributed by atoms with Crippen molar-refractivity contribution in [1.29, 1.82) is 0 Å². The molecule has 0 aliphatic heterocycles. The highest BCUT2D eigenvalue weighted by molar-refractivity contribution is 8.01.